The molecule has 1 amide bonds. The Balaban J connectivity index is 1.53. The van der Waals surface area contributed by atoms with Crippen LogP contribution in [0.4, 0.5) is 0 Å². The maximum absolute atomic E-state index is 12.9. The van der Waals surface area contributed by atoms with Crippen LogP contribution in [0.25, 0.3) is 0 Å². The Hall–Kier alpha value is -1.36. The zero-order valence-electron chi connectivity index (χ0n) is 14.4. The molecule has 0 aromatic carbocycles. The summed E-state index contributed by atoms with van der Waals surface area (Å²) in [6, 6.07) is 0. The molecule has 1 aromatic heterocycles. The fraction of sp³-hybridized carbons (Fsp3) is 0.778. The van der Waals surface area contributed by atoms with E-state index in [4.69, 9.17) is 4.74 Å². The zero-order chi connectivity index (χ0) is 16.1. The van der Waals surface area contributed by atoms with Crippen LogP contribution < -0.4 is 0 Å². The molecule has 1 aromatic rings. The van der Waals surface area contributed by atoms with Crippen LogP contribution in [0.1, 0.15) is 67.9 Å². The van der Waals surface area contributed by atoms with Crippen LogP contribution in [-0.2, 0) is 17.7 Å². The Kier molecular flexibility index (Phi) is 3.71. The van der Waals surface area contributed by atoms with E-state index < -0.39 is 0 Å². The first-order valence-corrected chi connectivity index (χ1v) is 9.11. The van der Waals surface area contributed by atoms with E-state index in [1.165, 1.54) is 19.3 Å². The van der Waals surface area contributed by atoms with Gasteiger partial charge in [0.05, 0.1) is 17.9 Å². The summed E-state index contributed by atoms with van der Waals surface area (Å²) in [6.07, 6.45) is 5.07. The number of aromatic nitrogens is 2. The van der Waals surface area contributed by atoms with E-state index in [2.05, 4.69) is 25.9 Å². The van der Waals surface area contributed by atoms with Gasteiger partial charge < -0.3 is 9.64 Å². The number of hydrogen-bond donors (Lipinski definition) is 0. The highest BCUT2D eigenvalue weighted by atomic mass is 16.5. The van der Waals surface area contributed by atoms with Crippen molar-refractivity contribution in [3.8, 4) is 0 Å². The third-order valence-electron chi connectivity index (χ3n) is 5.52. The van der Waals surface area contributed by atoms with Crippen LogP contribution in [-0.4, -0.2) is 39.8 Å². The normalized spacial score (nSPS) is 27.7. The van der Waals surface area contributed by atoms with E-state index in [9.17, 15) is 4.79 Å². The van der Waals surface area contributed by atoms with E-state index in [1.807, 2.05) is 9.58 Å². The molecule has 0 bridgehead atoms. The second-order valence-electron chi connectivity index (χ2n) is 7.58. The van der Waals surface area contributed by atoms with Crippen LogP contribution in [0.5, 0.6) is 0 Å². The third kappa shape index (κ3) is 2.69. The Morgan fingerprint density at radius 3 is 2.65 bits per heavy atom. The average Bonchev–Trinajstić information content (AvgIpc) is 3.21. The highest BCUT2D eigenvalue weighted by Crippen LogP contribution is 2.39. The summed E-state index contributed by atoms with van der Waals surface area (Å²) < 4.78 is 7.89. The first-order chi connectivity index (χ1) is 11.1. The van der Waals surface area contributed by atoms with Gasteiger partial charge in [0, 0.05) is 31.6 Å². The number of amides is 1. The summed E-state index contributed by atoms with van der Waals surface area (Å²) in [6.45, 7) is 8.83. The lowest BCUT2D eigenvalue weighted by atomic mass is 9.92. The molecule has 1 saturated heterocycles. The Morgan fingerprint density at radius 1 is 1.26 bits per heavy atom. The highest BCUT2D eigenvalue weighted by Gasteiger charge is 2.39. The molecular formula is C18H27N3O2. The summed E-state index contributed by atoms with van der Waals surface area (Å²) >= 11 is 0. The minimum absolute atomic E-state index is 0.0155. The topological polar surface area (TPSA) is 47.4 Å². The molecule has 5 heteroatoms. The van der Waals surface area contributed by atoms with Gasteiger partial charge in [-0.1, -0.05) is 12.8 Å². The second kappa shape index (κ2) is 5.62. The maximum Gasteiger partial charge on any atom is 0.274 e. The van der Waals surface area contributed by atoms with E-state index in [-0.39, 0.29) is 18.1 Å². The van der Waals surface area contributed by atoms with Gasteiger partial charge in [-0.3, -0.25) is 9.48 Å². The first kappa shape index (κ1) is 15.2. The fourth-order valence-corrected chi connectivity index (χ4v) is 4.19. The third-order valence-corrected chi connectivity index (χ3v) is 5.52. The van der Waals surface area contributed by atoms with Crippen LogP contribution in [0.15, 0.2) is 0 Å². The molecular weight excluding hydrogens is 290 g/mol. The number of rotatable bonds is 4. The summed E-state index contributed by atoms with van der Waals surface area (Å²) in [4.78, 5) is 14.9. The van der Waals surface area contributed by atoms with Crippen molar-refractivity contribution >= 4 is 5.91 Å². The number of likely N-dealkylation sites (tertiary alicyclic amines) is 1. The standard InChI is InChI=1S/C18H27N3O2/c1-4-21-17-12(3)23-11(2)7-15(17)16(19-21)18(22)20-9-14(10-20)8-13-5-6-13/h11-14H,4-10H2,1-3H3/t11-,12+/m1/s1. The molecule has 4 rings (SSSR count). The number of carbonyl (C=O) groups is 1. The molecule has 0 N–H and O–H groups in total. The Bertz CT molecular complexity index is 614. The van der Waals surface area contributed by atoms with Gasteiger partial charge in [0.1, 0.15) is 0 Å². The summed E-state index contributed by atoms with van der Waals surface area (Å²) in [7, 11) is 0. The SMILES string of the molecule is CCn1nc(C(=O)N2CC(CC3CC3)C2)c2c1[C@H](C)O[C@H](C)C2. The van der Waals surface area contributed by atoms with Crippen molar-refractivity contribution in [2.45, 2.75) is 65.2 Å². The molecule has 126 valence electrons. The van der Waals surface area contributed by atoms with Crippen LogP contribution in [0, 0.1) is 11.8 Å². The molecule has 2 fully saturated rings. The monoisotopic (exact) mass is 317 g/mol. The number of fused-ring (bicyclic) bond motifs is 1. The van der Waals surface area contributed by atoms with Crippen molar-refractivity contribution in [2.24, 2.45) is 11.8 Å². The molecule has 1 aliphatic carbocycles. The van der Waals surface area contributed by atoms with Gasteiger partial charge >= 0.3 is 0 Å². The number of nitrogens with zero attached hydrogens (tertiary/aromatic N) is 3. The van der Waals surface area contributed by atoms with Crippen LogP contribution >= 0.6 is 0 Å². The summed E-state index contributed by atoms with van der Waals surface area (Å²) in [5.74, 6) is 1.79. The average molecular weight is 317 g/mol. The molecule has 2 aliphatic heterocycles. The van der Waals surface area contributed by atoms with Gasteiger partial charge in [-0.2, -0.15) is 5.10 Å². The van der Waals surface area contributed by atoms with Gasteiger partial charge in [0.25, 0.3) is 5.91 Å². The lowest BCUT2D eigenvalue weighted by Crippen LogP contribution is -2.50. The van der Waals surface area contributed by atoms with E-state index in [0.717, 1.165) is 49.1 Å². The van der Waals surface area contributed by atoms with E-state index >= 15 is 0 Å². The van der Waals surface area contributed by atoms with Gasteiger partial charge in [-0.15, -0.1) is 0 Å². The van der Waals surface area contributed by atoms with E-state index in [0.29, 0.717) is 5.69 Å². The predicted octanol–water partition coefficient (Wildman–Crippen LogP) is 2.80. The molecule has 3 aliphatic rings. The van der Waals surface area contributed by atoms with Crippen molar-refractivity contribution in [3.05, 3.63) is 17.0 Å². The van der Waals surface area contributed by atoms with Gasteiger partial charge in [-0.05, 0) is 39.0 Å². The number of aryl methyl sites for hydroxylation is 1. The molecule has 5 nitrogen and oxygen atoms in total. The molecule has 23 heavy (non-hydrogen) atoms. The highest BCUT2D eigenvalue weighted by molar-refractivity contribution is 5.94. The molecule has 3 heterocycles. The minimum atomic E-state index is 0.0155. The fourth-order valence-electron chi connectivity index (χ4n) is 4.19. The minimum Gasteiger partial charge on any atom is -0.369 e. The van der Waals surface area contributed by atoms with Crippen LogP contribution in [0.3, 0.4) is 0 Å². The van der Waals surface area contributed by atoms with E-state index in [1.54, 1.807) is 0 Å². The van der Waals surface area contributed by atoms with Crippen molar-refractivity contribution < 1.29 is 9.53 Å². The molecule has 0 unspecified atom stereocenters. The first-order valence-electron chi connectivity index (χ1n) is 9.11. The van der Waals surface area contributed by atoms with Gasteiger partial charge in [0.2, 0.25) is 0 Å². The zero-order valence-corrected chi connectivity index (χ0v) is 14.4. The van der Waals surface area contributed by atoms with Crippen LogP contribution in [0.2, 0.25) is 0 Å². The van der Waals surface area contributed by atoms with Crippen molar-refractivity contribution in [1.82, 2.24) is 14.7 Å². The number of carbonyl (C=O) groups excluding carboxylic acids is 1. The predicted molar refractivity (Wildman–Crippen MR) is 87.3 cm³/mol. The Morgan fingerprint density at radius 2 is 2.00 bits per heavy atom. The summed E-state index contributed by atoms with van der Waals surface area (Å²) in [5, 5.41) is 4.64. The summed E-state index contributed by atoms with van der Waals surface area (Å²) in [5.41, 5.74) is 2.89. The lowest BCUT2D eigenvalue weighted by molar-refractivity contribution is -0.00957. The molecule has 0 radical (unpaired) electrons. The van der Waals surface area contributed by atoms with Crippen molar-refractivity contribution in [1.29, 1.82) is 0 Å². The molecule has 2 atom stereocenters. The maximum atomic E-state index is 12.9. The number of hydrogen-bond acceptors (Lipinski definition) is 3. The number of ether oxygens (including phenoxy) is 1. The second-order valence-corrected chi connectivity index (χ2v) is 7.58. The van der Waals surface area contributed by atoms with Gasteiger partial charge in [0.15, 0.2) is 5.69 Å². The lowest BCUT2D eigenvalue weighted by Gasteiger charge is -2.39. The Labute approximate surface area is 138 Å². The molecule has 0 spiro atoms. The van der Waals surface area contributed by atoms with Gasteiger partial charge in [-0.25, -0.2) is 0 Å². The van der Waals surface area contributed by atoms with Crippen molar-refractivity contribution in [3.63, 3.8) is 0 Å². The largest absolute Gasteiger partial charge is 0.369 e. The molecule has 1 saturated carbocycles. The quantitative estimate of drug-likeness (QED) is 0.858. The van der Waals surface area contributed by atoms with Crippen molar-refractivity contribution in [2.75, 3.05) is 13.1 Å². The smallest absolute Gasteiger partial charge is 0.274 e.